The van der Waals surface area contributed by atoms with Crippen LogP contribution in [0.5, 0.6) is 0 Å². The molecule has 0 bridgehead atoms. The molecule has 2 aliphatic heterocycles. The van der Waals surface area contributed by atoms with Gasteiger partial charge in [-0.3, -0.25) is 52.3 Å². The first-order valence-electron chi connectivity index (χ1n) is 39.4. The van der Waals surface area contributed by atoms with Crippen molar-refractivity contribution in [1.82, 2.24) is 47.3 Å². The van der Waals surface area contributed by atoms with E-state index in [0.29, 0.717) is 122 Å². The number of terminal acetylenes is 1. The van der Waals surface area contributed by atoms with Crippen LogP contribution < -0.4 is 43.0 Å². The Hall–Kier alpha value is -12.1. The summed E-state index contributed by atoms with van der Waals surface area (Å²) in [6.45, 7) is 15.5. The number of halogens is 2. The maximum Gasteiger partial charge on any atom is 0.407 e. The van der Waals surface area contributed by atoms with E-state index in [-0.39, 0.29) is 63.6 Å². The molecule has 4 aromatic rings. The predicted octanol–water partition coefficient (Wildman–Crippen LogP) is 9.35. The van der Waals surface area contributed by atoms with Gasteiger partial charge in [0.1, 0.15) is 64.5 Å². The number of ether oxygens (including phenoxy) is 6. The number of unbranched alkanes of at least 4 members (excludes halogenated alkanes) is 4. The van der Waals surface area contributed by atoms with Gasteiger partial charge in [-0.25, -0.2) is 33.6 Å². The van der Waals surface area contributed by atoms with Crippen molar-refractivity contribution in [2.75, 3.05) is 40.5 Å². The Morgan fingerprint density at radius 2 is 0.735 bits per heavy atom. The number of carboxylic acid groups (broad SMARTS) is 1. The third kappa shape index (κ3) is 57.5. The van der Waals surface area contributed by atoms with Crippen LogP contribution in [0.4, 0.5) is 28.0 Å². The lowest BCUT2D eigenvalue weighted by molar-refractivity contribution is -0.199. The average molecular weight is 1660 g/mol. The molecular weight excluding hydrogens is 1530 g/mol. The molecule has 0 aliphatic carbocycles. The Morgan fingerprint density at radius 3 is 1.00 bits per heavy atom. The predicted molar refractivity (Wildman–Crippen MR) is 426 cm³/mol. The van der Waals surface area contributed by atoms with Crippen LogP contribution in [0.15, 0.2) is 121 Å². The van der Waals surface area contributed by atoms with Gasteiger partial charge in [0, 0.05) is 53.2 Å². The molecule has 650 valence electrons. The van der Waals surface area contributed by atoms with E-state index >= 15 is 0 Å². The number of imide groups is 2. The molecule has 0 aromatic heterocycles. The molecule has 0 saturated carbocycles. The van der Waals surface area contributed by atoms with E-state index in [0.717, 1.165) is 35.1 Å². The van der Waals surface area contributed by atoms with E-state index in [4.69, 9.17) is 54.8 Å². The van der Waals surface area contributed by atoms with Gasteiger partial charge in [-0.15, -0.1) is 17.9 Å². The lowest BCUT2D eigenvalue weighted by Crippen LogP contribution is -2.42. The van der Waals surface area contributed by atoms with E-state index in [1.54, 1.807) is 40.5 Å². The summed E-state index contributed by atoms with van der Waals surface area (Å²) in [5.41, 5.74) is 8.29. The second-order valence-electron chi connectivity index (χ2n) is 26.1. The van der Waals surface area contributed by atoms with Gasteiger partial charge in [0.15, 0.2) is 0 Å². The van der Waals surface area contributed by atoms with Crippen molar-refractivity contribution in [2.45, 2.75) is 220 Å². The van der Waals surface area contributed by atoms with Gasteiger partial charge in [0.25, 0.3) is 23.6 Å². The third-order valence-corrected chi connectivity index (χ3v) is 14.6. The minimum atomic E-state index is -1.07. The second kappa shape index (κ2) is 68.3. The van der Waals surface area contributed by atoms with Crippen molar-refractivity contribution in [2.24, 2.45) is 5.73 Å². The number of carboxylic acids is 1. The summed E-state index contributed by atoms with van der Waals surface area (Å²) in [7, 11) is -0.500. The standard InChI is InChI=1S/C19H23N3O7.C19H28N2O5.C18H28N2O4.C15H20N2O5.C4H5NO3.C2H6.C2H2.2CH3F/c23-13-21-15(18(26)29-22-16(24)9-10-17(22)25)8-4-5-11-20-19(27)28-12-14-6-2-1-3-7-14;1-19(2,3)26-17(23)16(21-14-22)11-7-8-12-20-18(24)25-13-15-9-5-4-6-10-15;1-18(2,3)24-16(21)15(19)11-7-8-12-20-17(22)23-13-14-9-5-4-6-10-14;18-11-17-13(14(19)20)8-4-5-9-16-15(21)22-10-12-6-2-1-3-7-12;6-3-1-2-4(7)5(3)8;4*1-2/h1-3,6-7,13,15H,4-5,8-12H2,(H,20,27)(H,21,23);4-6,9-10,14,16H,7-8,11-13H2,1-3H3,(H,20,24)(H,21,22);4-6,9-10,15H,7-8,11-13,19H2,1-3H3,(H,20,22);1-3,6-7,11,13H,4-5,8-10H2,(H,16,21)(H,17,18)(H,19,20);8H,1-2H2;1-2H3;1-2H;2*1H3/t15-;16-;15-;13-;;;;;/m0000...../s1/i;;;;;1D;1D,2D;1D;. The number of carbonyl (C=O) groups is 15. The maximum absolute atomic E-state index is 12.1. The van der Waals surface area contributed by atoms with E-state index in [2.05, 4.69) is 37.2 Å². The highest BCUT2D eigenvalue weighted by molar-refractivity contribution is 6.02. The monoisotopic (exact) mass is 1660 g/mol. The number of aliphatic carboxylic acids is 1. The topological polar surface area (TPSA) is 478 Å². The van der Waals surface area contributed by atoms with Gasteiger partial charge in [0.2, 0.25) is 19.2 Å². The molecule has 0 unspecified atom stereocenters. The van der Waals surface area contributed by atoms with E-state index < -0.39 is 114 Å². The van der Waals surface area contributed by atoms with Crippen molar-refractivity contribution in [3.05, 3.63) is 144 Å². The molecule has 4 atom stereocenters. The smallest absolute Gasteiger partial charge is 0.407 e. The van der Waals surface area contributed by atoms with Crippen molar-refractivity contribution in [1.29, 1.82) is 0 Å². The molecule has 6 rings (SSSR count). The molecular formula is C81H118F2N10O24. The van der Waals surface area contributed by atoms with E-state index in [1.165, 1.54) is 0 Å². The number of hydrogen-bond donors (Lipinski definition) is 10. The van der Waals surface area contributed by atoms with Gasteiger partial charge >= 0.3 is 48.3 Å². The number of rotatable bonds is 39. The second-order valence-corrected chi connectivity index (χ2v) is 26.1. The quantitative estimate of drug-likeness (QED) is 0.00378. The number of nitrogens with zero attached hydrogens (tertiary/aromatic N) is 2. The highest BCUT2D eigenvalue weighted by Gasteiger charge is 2.35. The van der Waals surface area contributed by atoms with Crippen molar-refractivity contribution in [3.8, 4) is 12.8 Å². The van der Waals surface area contributed by atoms with Crippen LogP contribution >= 0.6 is 0 Å². The first-order valence-corrected chi connectivity index (χ1v) is 37.0. The Labute approximate surface area is 688 Å². The van der Waals surface area contributed by atoms with Gasteiger partial charge in [-0.2, -0.15) is 5.06 Å². The fourth-order valence-corrected chi connectivity index (χ4v) is 9.08. The van der Waals surface area contributed by atoms with Gasteiger partial charge < -0.3 is 81.3 Å². The van der Waals surface area contributed by atoms with Crippen molar-refractivity contribution < 1.29 is 130 Å². The third-order valence-electron chi connectivity index (χ3n) is 14.6. The molecule has 11 N–H and O–H groups in total. The maximum atomic E-state index is 12.1. The molecule has 2 aliphatic rings. The number of hydroxylamine groups is 4. The summed E-state index contributed by atoms with van der Waals surface area (Å²) >= 11 is 0. The number of alkyl carbamates (subject to hydrolysis) is 4. The number of esters is 2. The molecule has 2 heterocycles. The summed E-state index contributed by atoms with van der Waals surface area (Å²) in [6.07, 6.45) is 9.08. The molecule has 11 amide bonds. The summed E-state index contributed by atoms with van der Waals surface area (Å²) in [5, 5.41) is 35.3. The zero-order chi connectivity index (χ0) is 91.7. The fourth-order valence-electron chi connectivity index (χ4n) is 9.08. The minimum absolute atomic E-state index is 0.00999. The van der Waals surface area contributed by atoms with E-state index in [1.807, 2.05) is 142 Å². The van der Waals surface area contributed by atoms with Crippen LogP contribution in [0, 0.1) is 12.8 Å². The van der Waals surface area contributed by atoms with Crippen LogP contribution in [-0.2, 0) is 112 Å². The number of nitrogens with one attached hydrogen (secondary N) is 7. The van der Waals surface area contributed by atoms with Crippen LogP contribution in [0.3, 0.4) is 0 Å². The summed E-state index contributed by atoms with van der Waals surface area (Å²) in [4.78, 5) is 173. The molecule has 36 heteroatoms. The lowest BCUT2D eigenvalue weighted by atomic mass is 10.1. The van der Waals surface area contributed by atoms with Gasteiger partial charge in [0.05, 0.1) is 15.7 Å². The van der Waals surface area contributed by atoms with Crippen molar-refractivity contribution in [3.63, 3.8) is 0 Å². The Bertz CT molecular complexity index is 3630. The fraction of sp³-hybridized carbons (Fsp3) is 0.494. The zero-order valence-corrected chi connectivity index (χ0v) is 67.6. The average Bonchev–Trinajstić information content (AvgIpc) is 1.78. The number of amides is 11. The van der Waals surface area contributed by atoms with Gasteiger partial charge in [-0.1, -0.05) is 135 Å². The summed E-state index contributed by atoms with van der Waals surface area (Å²) in [5.74, 6) is -5.00. The zero-order valence-electron chi connectivity index (χ0n) is 71.6. The first-order chi connectivity index (χ1) is 57.7. The molecule has 0 radical (unpaired) electrons. The Kier molecular flexibility index (Phi) is 58.9. The number of benzene rings is 4. The van der Waals surface area contributed by atoms with Crippen molar-refractivity contribution >= 4 is 91.1 Å². The summed E-state index contributed by atoms with van der Waals surface area (Å²) in [6, 6.07) is 34.3. The number of hydrogen-bond acceptors (Lipinski definition) is 24. The SMILES string of the molecule is CC(C)(C)OC(=O)[C@@H](N)CCCCNC(=O)OCc1ccccc1.CC(C)(C)OC(=O)[C@H](CCCCNC(=O)OCc1ccccc1)NC=O.CF.O=C1CCC(=O)N1O.O=CN[C@@H](CCCCNC(=O)OCc1ccccc1)C(=O)O.O=CN[C@@H](CCCCNC(=O)OCc1ccccc1)C(=O)ON1C(=O)CCC1=O.[2H]C#C[2H].[2H]CC.[2H]CF. The van der Waals surface area contributed by atoms with Gasteiger partial charge in [-0.05, 0) is 141 Å². The van der Waals surface area contributed by atoms with Crippen LogP contribution in [0.25, 0.3) is 0 Å². The minimum Gasteiger partial charge on any atom is -0.480 e. The largest absolute Gasteiger partial charge is 0.480 e. The Balaban J connectivity index is -0.00000143. The highest BCUT2D eigenvalue weighted by Crippen LogP contribution is 2.16. The molecule has 117 heavy (non-hydrogen) atoms. The Morgan fingerprint density at radius 1 is 0.470 bits per heavy atom. The number of alkyl halides is 2. The highest BCUT2D eigenvalue weighted by atomic mass is 19.1. The van der Waals surface area contributed by atoms with Crippen LogP contribution in [0.2, 0.25) is 0 Å². The van der Waals surface area contributed by atoms with Crippen LogP contribution in [0.1, 0.15) is 186 Å². The number of carbonyl (C=O) groups excluding carboxylic acids is 14. The molecule has 4 aromatic carbocycles. The summed E-state index contributed by atoms with van der Waals surface area (Å²) < 4.78 is 73.8. The molecule has 0 spiro atoms. The first kappa shape index (κ1) is 101. The molecule has 2 fully saturated rings. The molecule has 34 nitrogen and oxygen atoms in total. The normalized spacial score (nSPS) is 12.8. The molecule has 2 saturated heterocycles. The lowest BCUT2D eigenvalue weighted by Gasteiger charge is -2.23. The number of nitrogens with two attached hydrogens (primary N) is 1. The van der Waals surface area contributed by atoms with Crippen LogP contribution in [-0.4, -0.2) is 187 Å². The van der Waals surface area contributed by atoms with E-state index in [9.17, 15) is 80.7 Å².